The molecule has 3 rings (SSSR count). The molecule has 0 bridgehead atoms. The molecule has 1 aromatic carbocycles. The summed E-state index contributed by atoms with van der Waals surface area (Å²) in [6.45, 7) is -0.437. The van der Waals surface area contributed by atoms with Crippen molar-refractivity contribution in [2.45, 2.75) is 83.7 Å². The van der Waals surface area contributed by atoms with E-state index in [9.17, 15) is 8.78 Å². The highest BCUT2D eigenvalue weighted by Gasteiger charge is 2.31. The van der Waals surface area contributed by atoms with Crippen LogP contribution in [0.4, 0.5) is 8.78 Å². The summed E-state index contributed by atoms with van der Waals surface area (Å²) in [7, 11) is 0. The van der Waals surface area contributed by atoms with Crippen LogP contribution in [0.25, 0.3) is 0 Å². The zero-order valence-electron chi connectivity index (χ0n) is 15.4. The van der Waals surface area contributed by atoms with Crippen molar-refractivity contribution in [1.29, 1.82) is 0 Å². The molecule has 0 aliphatic heterocycles. The molecular weight excluding hydrogens is 318 g/mol. The molecule has 0 N–H and O–H groups in total. The highest BCUT2D eigenvalue weighted by atomic mass is 19.3. The maximum atomic E-state index is 12.2. The third-order valence-electron chi connectivity index (χ3n) is 6.60. The first-order chi connectivity index (χ1) is 12.2. The Morgan fingerprint density at radius 3 is 1.96 bits per heavy atom. The second-order valence-electron chi connectivity index (χ2n) is 8.13. The lowest BCUT2D eigenvalue weighted by Crippen LogP contribution is -2.25. The van der Waals surface area contributed by atoms with Crippen LogP contribution in [-0.2, 0) is 0 Å². The largest absolute Gasteiger partial charge is 0.435 e. The smallest absolute Gasteiger partial charge is 0.387 e. The zero-order valence-corrected chi connectivity index (χ0v) is 15.4. The van der Waals surface area contributed by atoms with Gasteiger partial charge in [0, 0.05) is 0 Å². The van der Waals surface area contributed by atoms with Crippen molar-refractivity contribution in [3.8, 4) is 5.75 Å². The molecule has 0 saturated heterocycles. The molecule has 0 atom stereocenters. The fourth-order valence-electron chi connectivity index (χ4n) is 5.20. The van der Waals surface area contributed by atoms with Gasteiger partial charge in [0.15, 0.2) is 0 Å². The number of benzene rings is 1. The second kappa shape index (κ2) is 9.00. The Bertz CT molecular complexity index is 497. The van der Waals surface area contributed by atoms with Crippen molar-refractivity contribution in [2.75, 3.05) is 0 Å². The molecule has 0 radical (unpaired) electrons. The Labute approximate surface area is 151 Å². The van der Waals surface area contributed by atoms with Gasteiger partial charge in [-0.1, -0.05) is 44.7 Å². The molecule has 2 aliphatic carbocycles. The van der Waals surface area contributed by atoms with Gasteiger partial charge < -0.3 is 4.74 Å². The van der Waals surface area contributed by atoms with Crippen LogP contribution in [0.3, 0.4) is 0 Å². The lowest BCUT2D eigenvalue weighted by molar-refractivity contribution is -0.0498. The molecule has 25 heavy (non-hydrogen) atoms. The minimum Gasteiger partial charge on any atom is -0.435 e. The first-order valence-corrected chi connectivity index (χ1v) is 10.2. The van der Waals surface area contributed by atoms with E-state index in [1.54, 1.807) is 12.1 Å². The van der Waals surface area contributed by atoms with E-state index in [0.29, 0.717) is 5.92 Å². The average Bonchev–Trinajstić information content (AvgIpc) is 2.63. The first kappa shape index (κ1) is 18.7. The van der Waals surface area contributed by atoms with E-state index in [-0.39, 0.29) is 5.75 Å². The molecule has 2 saturated carbocycles. The number of ether oxygens (including phenoxy) is 1. The van der Waals surface area contributed by atoms with Crippen molar-refractivity contribution >= 4 is 0 Å². The van der Waals surface area contributed by atoms with Gasteiger partial charge in [0.2, 0.25) is 0 Å². The number of rotatable bonds is 6. The summed E-state index contributed by atoms with van der Waals surface area (Å²) in [5.41, 5.74) is 1.28. The molecule has 0 spiro atoms. The normalized spacial score (nSPS) is 30.4. The van der Waals surface area contributed by atoms with Crippen molar-refractivity contribution in [1.82, 2.24) is 0 Å². The monoisotopic (exact) mass is 350 g/mol. The summed E-state index contributed by atoms with van der Waals surface area (Å²) in [5.74, 6) is 3.72. The highest BCUT2D eigenvalue weighted by Crippen LogP contribution is 2.44. The van der Waals surface area contributed by atoms with Gasteiger partial charge in [0.25, 0.3) is 0 Å². The van der Waals surface area contributed by atoms with Crippen molar-refractivity contribution < 1.29 is 13.5 Å². The predicted octanol–water partition coefficient (Wildman–Crippen LogP) is 7.17. The second-order valence-corrected chi connectivity index (χ2v) is 8.13. The van der Waals surface area contributed by atoms with Gasteiger partial charge in [-0.25, -0.2) is 0 Å². The summed E-state index contributed by atoms with van der Waals surface area (Å²) >= 11 is 0. The van der Waals surface area contributed by atoms with Gasteiger partial charge in [-0.15, -0.1) is 0 Å². The van der Waals surface area contributed by atoms with Crippen LogP contribution in [0, 0.1) is 17.8 Å². The molecule has 3 heteroatoms. The van der Waals surface area contributed by atoms with Gasteiger partial charge in [-0.05, 0) is 79.9 Å². The molecular formula is C22H32F2O. The van der Waals surface area contributed by atoms with Crippen molar-refractivity contribution in [3.05, 3.63) is 29.8 Å². The van der Waals surface area contributed by atoms with E-state index in [0.717, 1.165) is 17.8 Å². The highest BCUT2D eigenvalue weighted by molar-refractivity contribution is 5.29. The van der Waals surface area contributed by atoms with E-state index in [4.69, 9.17) is 0 Å². The first-order valence-electron chi connectivity index (χ1n) is 10.2. The standard InChI is InChI=1S/C22H32F2O/c1-2-3-16-4-6-17(7-5-16)18-8-10-19(11-9-18)20-12-14-21(15-13-20)25-22(23)24/h12-19,22H,2-11H2,1H3. The molecule has 0 amide bonds. The van der Waals surface area contributed by atoms with E-state index in [2.05, 4.69) is 11.7 Å². The van der Waals surface area contributed by atoms with Crippen molar-refractivity contribution in [2.24, 2.45) is 17.8 Å². The maximum Gasteiger partial charge on any atom is 0.387 e. The molecule has 2 fully saturated rings. The van der Waals surface area contributed by atoms with Crippen LogP contribution in [-0.4, -0.2) is 6.61 Å². The Hall–Kier alpha value is -1.12. The molecule has 0 unspecified atom stereocenters. The fourth-order valence-corrected chi connectivity index (χ4v) is 5.20. The van der Waals surface area contributed by atoms with E-state index in [1.807, 2.05) is 12.1 Å². The summed E-state index contributed by atoms with van der Waals surface area (Å²) in [4.78, 5) is 0. The Balaban J connectivity index is 1.46. The lowest BCUT2D eigenvalue weighted by Gasteiger charge is -2.38. The van der Waals surface area contributed by atoms with E-state index < -0.39 is 6.61 Å². The van der Waals surface area contributed by atoms with Gasteiger partial charge in [-0.2, -0.15) is 8.78 Å². The predicted molar refractivity (Wildman–Crippen MR) is 98.1 cm³/mol. The Kier molecular flexibility index (Phi) is 6.72. The minimum absolute atomic E-state index is 0.260. The summed E-state index contributed by atoms with van der Waals surface area (Å²) in [6, 6.07) is 7.31. The quantitative estimate of drug-likeness (QED) is 0.528. The Morgan fingerprint density at radius 2 is 1.44 bits per heavy atom. The molecule has 1 nitrogen and oxygen atoms in total. The number of halogens is 2. The molecule has 2 aliphatic rings. The van der Waals surface area contributed by atoms with E-state index in [1.165, 1.54) is 69.8 Å². The molecule has 0 heterocycles. The van der Waals surface area contributed by atoms with Gasteiger partial charge in [0.05, 0.1) is 0 Å². The summed E-state index contributed by atoms with van der Waals surface area (Å²) in [6.07, 6.45) is 13.7. The molecule has 140 valence electrons. The summed E-state index contributed by atoms with van der Waals surface area (Å²) in [5, 5.41) is 0. The van der Waals surface area contributed by atoms with Crippen LogP contribution in [0.5, 0.6) is 5.75 Å². The van der Waals surface area contributed by atoms with Crippen LogP contribution >= 0.6 is 0 Å². The number of alkyl halides is 2. The SMILES string of the molecule is CCCC1CCC(C2CCC(c3ccc(OC(F)F)cc3)CC2)CC1. The van der Waals surface area contributed by atoms with Crippen LogP contribution < -0.4 is 4.74 Å². The zero-order chi connectivity index (χ0) is 17.6. The maximum absolute atomic E-state index is 12.2. The van der Waals surface area contributed by atoms with Crippen molar-refractivity contribution in [3.63, 3.8) is 0 Å². The van der Waals surface area contributed by atoms with Gasteiger partial charge in [0.1, 0.15) is 5.75 Å². The number of hydrogen-bond donors (Lipinski definition) is 0. The fraction of sp³-hybridized carbons (Fsp3) is 0.727. The molecule has 0 aromatic heterocycles. The van der Waals surface area contributed by atoms with Crippen LogP contribution in [0.15, 0.2) is 24.3 Å². The van der Waals surface area contributed by atoms with E-state index >= 15 is 0 Å². The third-order valence-corrected chi connectivity index (χ3v) is 6.60. The number of hydrogen-bond acceptors (Lipinski definition) is 1. The van der Waals surface area contributed by atoms with Gasteiger partial charge in [-0.3, -0.25) is 0 Å². The minimum atomic E-state index is -2.74. The van der Waals surface area contributed by atoms with Gasteiger partial charge >= 0.3 is 6.61 Å². The van der Waals surface area contributed by atoms with Crippen LogP contribution in [0.2, 0.25) is 0 Å². The average molecular weight is 350 g/mol. The molecule has 1 aromatic rings. The topological polar surface area (TPSA) is 9.23 Å². The Morgan fingerprint density at radius 1 is 0.880 bits per heavy atom. The summed E-state index contributed by atoms with van der Waals surface area (Å²) < 4.78 is 28.9. The van der Waals surface area contributed by atoms with Crippen LogP contribution in [0.1, 0.15) is 82.6 Å². The third kappa shape index (κ3) is 5.18. The lowest BCUT2D eigenvalue weighted by atomic mass is 9.68.